The fraction of sp³-hybridized carbons (Fsp3) is 0.643. The molecule has 0 aromatic carbocycles. The Morgan fingerprint density at radius 1 is 1.44 bits per heavy atom. The summed E-state index contributed by atoms with van der Waals surface area (Å²) in [6.07, 6.45) is 1.26. The van der Waals surface area contributed by atoms with Crippen LogP contribution in [0.1, 0.15) is 36.9 Å². The van der Waals surface area contributed by atoms with Gasteiger partial charge in [-0.05, 0) is 37.3 Å². The zero-order chi connectivity index (χ0) is 13.3. The first-order valence-corrected chi connectivity index (χ1v) is 7.69. The number of hydrogen-bond donors (Lipinski definition) is 0. The molecule has 0 bridgehead atoms. The standard InChI is InChI=1S/C14H20ClNOS/c1-9-6-10(2)11(3)16(7-9)8-12(17)13-4-5-14(15)18-13/h4-5,9-11H,6-8H2,1-3H3. The predicted octanol–water partition coefficient (Wildman–Crippen LogP) is 3.95. The molecule has 4 heteroatoms. The molecule has 3 atom stereocenters. The van der Waals surface area contributed by atoms with Gasteiger partial charge in [0, 0.05) is 12.6 Å². The molecule has 1 fully saturated rings. The molecule has 1 aromatic heterocycles. The third-order valence-electron chi connectivity index (χ3n) is 3.91. The van der Waals surface area contributed by atoms with Gasteiger partial charge in [-0.3, -0.25) is 9.69 Å². The summed E-state index contributed by atoms with van der Waals surface area (Å²) in [5.74, 6) is 1.53. The molecule has 0 aliphatic carbocycles. The van der Waals surface area contributed by atoms with Gasteiger partial charge < -0.3 is 0 Å². The number of halogens is 1. The highest BCUT2D eigenvalue weighted by Gasteiger charge is 2.30. The molecule has 0 radical (unpaired) electrons. The average Bonchev–Trinajstić information content (AvgIpc) is 2.72. The summed E-state index contributed by atoms with van der Waals surface area (Å²) in [4.78, 5) is 15.3. The number of carbonyl (C=O) groups is 1. The van der Waals surface area contributed by atoms with E-state index in [1.807, 2.05) is 6.07 Å². The lowest BCUT2D eigenvalue weighted by molar-refractivity contribution is 0.0652. The van der Waals surface area contributed by atoms with Gasteiger partial charge in [0.05, 0.1) is 15.8 Å². The van der Waals surface area contributed by atoms with Crippen LogP contribution >= 0.6 is 22.9 Å². The Labute approximate surface area is 118 Å². The van der Waals surface area contributed by atoms with Crippen molar-refractivity contribution >= 4 is 28.7 Å². The monoisotopic (exact) mass is 285 g/mol. The van der Waals surface area contributed by atoms with Crippen LogP contribution in [0.25, 0.3) is 0 Å². The van der Waals surface area contributed by atoms with Crippen molar-refractivity contribution in [3.63, 3.8) is 0 Å². The fourth-order valence-electron chi connectivity index (χ4n) is 2.77. The molecule has 2 heterocycles. The molecule has 1 saturated heterocycles. The first kappa shape index (κ1) is 14.0. The molecule has 1 aliphatic rings. The van der Waals surface area contributed by atoms with Crippen LogP contribution < -0.4 is 0 Å². The van der Waals surface area contributed by atoms with Crippen LogP contribution in [0.5, 0.6) is 0 Å². The predicted molar refractivity (Wildman–Crippen MR) is 77.6 cm³/mol. The summed E-state index contributed by atoms with van der Waals surface area (Å²) in [6.45, 7) is 8.32. The molecular weight excluding hydrogens is 266 g/mol. The summed E-state index contributed by atoms with van der Waals surface area (Å²) < 4.78 is 0.687. The third-order valence-corrected chi connectivity index (χ3v) is 5.19. The number of thiophene rings is 1. The SMILES string of the molecule is CC1CC(C)C(C)N(CC(=O)c2ccc(Cl)s2)C1. The lowest BCUT2D eigenvalue weighted by Gasteiger charge is -2.40. The van der Waals surface area contributed by atoms with Gasteiger partial charge in [0.25, 0.3) is 0 Å². The van der Waals surface area contributed by atoms with Gasteiger partial charge >= 0.3 is 0 Å². The van der Waals surface area contributed by atoms with Crippen LogP contribution in [0.3, 0.4) is 0 Å². The highest BCUT2D eigenvalue weighted by molar-refractivity contribution is 7.18. The van der Waals surface area contributed by atoms with Crippen LogP contribution in [-0.4, -0.2) is 29.8 Å². The van der Waals surface area contributed by atoms with E-state index in [1.165, 1.54) is 17.8 Å². The summed E-state index contributed by atoms with van der Waals surface area (Å²) in [5, 5.41) is 0. The average molecular weight is 286 g/mol. The van der Waals surface area contributed by atoms with E-state index in [2.05, 4.69) is 25.7 Å². The lowest BCUT2D eigenvalue weighted by atomic mass is 9.86. The number of hydrogen-bond acceptors (Lipinski definition) is 3. The van der Waals surface area contributed by atoms with Crippen molar-refractivity contribution in [1.82, 2.24) is 4.90 Å². The van der Waals surface area contributed by atoms with E-state index in [9.17, 15) is 4.79 Å². The van der Waals surface area contributed by atoms with Crippen molar-refractivity contribution in [3.8, 4) is 0 Å². The van der Waals surface area contributed by atoms with Gasteiger partial charge in [0.2, 0.25) is 0 Å². The zero-order valence-electron chi connectivity index (χ0n) is 11.1. The molecule has 18 heavy (non-hydrogen) atoms. The molecule has 0 spiro atoms. The molecule has 1 aromatic rings. The van der Waals surface area contributed by atoms with E-state index >= 15 is 0 Å². The quantitative estimate of drug-likeness (QED) is 0.784. The second-order valence-corrected chi connectivity index (χ2v) is 7.23. The van der Waals surface area contributed by atoms with Crippen molar-refractivity contribution in [2.45, 2.75) is 33.2 Å². The zero-order valence-corrected chi connectivity index (χ0v) is 12.7. The van der Waals surface area contributed by atoms with Crippen molar-refractivity contribution in [3.05, 3.63) is 21.3 Å². The molecule has 2 nitrogen and oxygen atoms in total. The Kier molecular flexibility index (Phi) is 4.46. The number of ketones is 1. The number of rotatable bonds is 3. The number of nitrogens with zero attached hydrogens (tertiary/aromatic N) is 1. The van der Waals surface area contributed by atoms with Gasteiger partial charge in [-0.2, -0.15) is 0 Å². The smallest absolute Gasteiger partial charge is 0.186 e. The highest BCUT2D eigenvalue weighted by Crippen LogP contribution is 2.28. The first-order chi connectivity index (χ1) is 8.47. The summed E-state index contributed by atoms with van der Waals surface area (Å²) in [5.41, 5.74) is 0. The van der Waals surface area contributed by atoms with Gasteiger partial charge in [-0.1, -0.05) is 25.4 Å². The van der Waals surface area contributed by atoms with Crippen LogP contribution in [0.15, 0.2) is 12.1 Å². The Morgan fingerprint density at radius 3 is 2.78 bits per heavy atom. The summed E-state index contributed by atoms with van der Waals surface area (Å²) >= 11 is 7.25. The van der Waals surface area contributed by atoms with Crippen LogP contribution in [0.2, 0.25) is 4.34 Å². The number of carbonyl (C=O) groups excluding carboxylic acids is 1. The minimum atomic E-state index is 0.194. The van der Waals surface area contributed by atoms with Crippen molar-refractivity contribution in [2.75, 3.05) is 13.1 Å². The summed E-state index contributed by atoms with van der Waals surface area (Å²) in [7, 11) is 0. The van der Waals surface area contributed by atoms with Crippen LogP contribution in [-0.2, 0) is 0 Å². The molecule has 0 N–H and O–H groups in total. The number of piperidine rings is 1. The van der Waals surface area contributed by atoms with Crippen LogP contribution in [0, 0.1) is 11.8 Å². The van der Waals surface area contributed by atoms with Crippen molar-refractivity contribution in [2.24, 2.45) is 11.8 Å². The molecule has 0 saturated carbocycles. The maximum absolute atomic E-state index is 12.2. The van der Waals surface area contributed by atoms with Crippen molar-refractivity contribution in [1.29, 1.82) is 0 Å². The Morgan fingerprint density at radius 2 is 2.17 bits per heavy atom. The maximum Gasteiger partial charge on any atom is 0.186 e. The van der Waals surface area contributed by atoms with Crippen molar-refractivity contribution < 1.29 is 4.79 Å². The number of Topliss-reactive ketones (excluding diaryl/α,β-unsaturated/α-hetero) is 1. The van der Waals surface area contributed by atoms with E-state index in [4.69, 9.17) is 11.6 Å². The minimum Gasteiger partial charge on any atom is -0.293 e. The summed E-state index contributed by atoms with van der Waals surface area (Å²) in [6, 6.07) is 4.11. The molecule has 3 unspecified atom stereocenters. The molecule has 2 rings (SSSR count). The van der Waals surface area contributed by atoms with E-state index in [1.54, 1.807) is 6.07 Å². The Balaban J connectivity index is 2.02. The van der Waals surface area contributed by atoms with E-state index < -0.39 is 0 Å². The maximum atomic E-state index is 12.2. The molecular formula is C14H20ClNOS. The van der Waals surface area contributed by atoms with E-state index in [-0.39, 0.29) is 5.78 Å². The largest absolute Gasteiger partial charge is 0.293 e. The van der Waals surface area contributed by atoms with Gasteiger partial charge in [0.1, 0.15) is 0 Å². The number of likely N-dealkylation sites (tertiary alicyclic amines) is 1. The lowest BCUT2D eigenvalue weighted by Crippen LogP contribution is -2.47. The normalized spacial score (nSPS) is 29.4. The Hall–Kier alpha value is -0.380. The van der Waals surface area contributed by atoms with Gasteiger partial charge in [-0.15, -0.1) is 11.3 Å². The van der Waals surface area contributed by atoms with Crippen LogP contribution in [0.4, 0.5) is 0 Å². The van der Waals surface area contributed by atoms with E-state index in [0.717, 1.165) is 11.4 Å². The second kappa shape index (κ2) is 5.72. The molecule has 1 aliphatic heterocycles. The molecule has 100 valence electrons. The first-order valence-electron chi connectivity index (χ1n) is 6.50. The Bertz CT molecular complexity index is 431. The highest BCUT2D eigenvalue weighted by atomic mass is 35.5. The minimum absolute atomic E-state index is 0.194. The molecule has 0 amide bonds. The third kappa shape index (κ3) is 3.14. The fourth-order valence-corrected chi connectivity index (χ4v) is 3.74. The second-order valence-electron chi connectivity index (χ2n) is 5.52. The van der Waals surface area contributed by atoms with E-state index in [0.29, 0.717) is 28.8 Å². The topological polar surface area (TPSA) is 20.3 Å². The van der Waals surface area contributed by atoms with Gasteiger partial charge in [-0.25, -0.2) is 0 Å². The van der Waals surface area contributed by atoms with Gasteiger partial charge in [0.15, 0.2) is 5.78 Å².